The number of nitrogens with zero attached hydrogens (tertiary/aromatic N) is 4. The number of fused-ring (bicyclic) bond motifs is 1. The summed E-state index contributed by atoms with van der Waals surface area (Å²) in [6.07, 6.45) is 2.43. The molecule has 0 aliphatic carbocycles. The Labute approximate surface area is 238 Å². The summed E-state index contributed by atoms with van der Waals surface area (Å²) in [7, 11) is 1.52. The van der Waals surface area contributed by atoms with Crippen molar-refractivity contribution in [3.05, 3.63) is 53.6 Å². The van der Waals surface area contributed by atoms with Crippen molar-refractivity contribution in [3.8, 4) is 11.5 Å². The number of oxime groups is 1. The number of hydrogen-bond donors (Lipinski definition) is 3. The first-order valence-corrected chi connectivity index (χ1v) is 13.9. The summed E-state index contributed by atoms with van der Waals surface area (Å²) in [6.45, 7) is 1.99. The molecule has 12 nitrogen and oxygen atoms in total. The second-order valence-electron chi connectivity index (χ2n) is 10.4. The summed E-state index contributed by atoms with van der Waals surface area (Å²) in [4.78, 5) is 42.6. The lowest BCUT2D eigenvalue weighted by Crippen LogP contribution is -2.50. The van der Waals surface area contributed by atoms with Crippen molar-refractivity contribution >= 4 is 29.6 Å². The quantitative estimate of drug-likeness (QED) is 0.217. The molecule has 41 heavy (non-hydrogen) atoms. The van der Waals surface area contributed by atoms with E-state index in [2.05, 4.69) is 16.5 Å². The largest absolute Gasteiger partial charge is 0.496 e. The predicted octanol–water partition coefficient (Wildman–Crippen LogP) is 3.14. The van der Waals surface area contributed by atoms with Crippen LogP contribution in [-0.2, 0) is 11.2 Å². The fourth-order valence-corrected chi connectivity index (χ4v) is 5.91. The summed E-state index contributed by atoms with van der Waals surface area (Å²) >= 11 is 0. The highest BCUT2D eigenvalue weighted by atomic mass is 16.5. The van der Waals surface area contributed by atoms with Crippen molar-refractivity contribution in [2.24, 2.45) is 5.16 Å². The Hall–Kier alpha value is -4.48. The zero-order valence-corrected chi connectivity index (χ0v) is 23.0. The number of methoxy groups -OCH3 is 1. The fraction of sp³-hybridized carbons (Fsp3) is 0.448. The number of para-hydroxylation sites is 1. The molecular formula is C29H35N5O7. The third-order valence-electron chi connectivity index (χ3n) is 8.01. The van der Waals surface area contributed by atoms with Crippen molar-refractivity contribution < 1.29 is 34.2 Å². The van der Waals surface area contributed by atoms with Crippen LogP contribution in [-0.4, -0.2) is 89.4 Å². The van der Waals surface area contributed by atoms with Gasteiger partial charge in [0.15, 0.2) is 0 Å². The Morgan fingerprint density at radius 2 is 1.68 bits per heavy atom. The van der Waals surface area contributed by atoms with Crippen LogP contribution >= 0.6 is 0 Å². The van der Waals surface area contributed by atoms with E-state index in [9.17, 15) is 14.4 Å². The molecule has 0 radical (unpaired) electrons. The minimum Gasteiger partial charge on any atom is -0.496 e. The molecule has 0 bridgehead atoms. The van der Waals surface area contributed by atoms with Gasteiger partial charge >= 0.3 is 6.09 Å². The number of nitrogens with one attached hydrogen (secondary N) is 1. The van der Waals surface area contributed by atoms with Gasteiger partial charge in [-0.3, -0.25) is 14.9 Å². The lowest BCUT2D eigenvalue weighted by atomic mass is 9.95. The van der Waals surface area contributed by atoms with E-state index in [0.717, 1.165) is 12.1 Å². The molecule has 3 aliphatic rings. The molecule has 0 saturated carbocycles. The first kappa shape index (κ1) is 28.1. The van der Waals surface area contributed by atoms with E-state index in [1.807, 2.05) is 28.0 Å². The summed E-state index contributed by atoms with van der Waals surface area (Å²) in [6, 6.07) is 13.3. The second-order valence-corrected chi connectivity index (χ2v) is 10.4. The first-order chi connectivity index (χ1) is 19.9. The van der Waals surface area contributed by atoms with Crippen molar-refractivity contribution in [1.29, 1.82) is 0 Å². The number of likely N-dealkylation sites (tertiary alicyclic amines) is 2. The highest BCUT2D eigenvalue weighted by Crippen LogP contribution is 2.33. The van der Waals surface area contributed by atoms with Crippen LogP contribution in [0.25, 0.3) is 0 Å². The van der Waals surface area contributed by atoms with Gasteiger partial charge < -0.3 is 34.5 Å². The molecule has 3 aliphatic heterocycles. The van der Waals surface area contributed by atoms with Gasteiger partial charge in [-0.15, -0.1) is 0 Å². The maximum absolute atomic E-state index is 13.5. The number of carbonyl (C=O) groups is 3. The molecule has 0 atom stereocenters. The van der Waals surface area contributed by atoms with Gasteiger partial charge in [-0.25, -0.2) is 4.79 Å². The van der Waals surface area contributed by atoms with Crippen LogP contribution in [0.4, 0.5) is 10.5 Å². The third-order valence-corrected chi connectivity index (χ3v) is 8.01. The molecule has 12 heteroatoms. The number of amides is 3. The molecular weight excluding hydrogens is 530 g/mol. The Morgan fingerprint density at radius 1 is 0.976 bits per heavy atom. The minimum absolute atomic E-state index is 0.0664. The van der Waals surface area contributed by atoms with Crippen LogP contribution in [0.2, 0.25) is 0 Å². The zero-order valence-electron chi connectivity index (χ0n) is 23.0. The van der Waals surface area contributed by atoms with Gasteiger partial charge in [-0.2, -0.15) is 0 Å². The van der Waals surface area contributed by atoms with Crippen molar-refractivity contribution in [1.82, 2.24) is 15.1 Å². The summed E-state index contributed by atoms with van der Waals surface area (Å²) in [5.41, 5.74) is 2.65. The van der Waals surface area contributed by atoms with Gasteiger partial charge in [0.1, 0.15) is 17.6 Å². The standard InChI is InChI=1S/C29H35N5O7/c1-40-25-18-22(41-21-12-16-33(17-13-21)28(31-39)30-29(37)38)7-8-23(25)27(36)32-14-10-20(11-15-32)34-24-5-3-2-4-19(24)6-9-26(34)35/h2-5,7-8,18,20-21,39H,6,9-17H2,1H3,(H,30,31)(H,37,38). The molecule has 2 fully saturated rings. The Bertz CT molecular complexity index is 1320. The molecule has 3 heterocycles. The number of piperidine rings is 2. The van der Waals surface area contributed by atoms with Crippen LogP contribution in [0.15, 0.2) is 47.6 Å². The monoisotopic (exact) mass is 565 g/mol. The van der Waals surface area contributed by atoms with Gasteiger partial charge in [0.05, 0.1) is 12.7 Å². The molecule has 218 valence electrons. The van der Waals surface area contributed by atoms with Gasteiger partial charge in [-0.1, -0.05) is 23.4 Å². The number of aryl methyl sites for hydroxylation is 1. The third kappa shape index (κ3) is 6.16. The summed E-state index contributed by atoms with van der Waals surface area (Å²) < 4.78 is 11.7. The van der Waals surface area contributed by atoms with E-state index < -0.39 is 6.09 Å². The van der Waals surface area contributed by atoms with E-state index in [4.69, 9.17) is 19.8 Å². The fourth-order valence-electron chi connectivity index (χ4n) is 5.91. The number of rotatable bonds is 5. The predicted molar refractivity (Wildman–Crippen MR) is 150 cm³/mol. The minimum atomic E-state index is -1.30. The average Bonchev–Trinajstić information content (AvgIpc) is 3.00. The summed E-state index contributed by atoms with van der Waals surface area (Å²) in [5, 5.41) is 23.1. The molecule has 3 amide bonds. The van der Waals surface area contributed by atoms with Crippen molar-refractivity contribution in [2.75, 3.05) is 38.2 Å². The number of carbonyl (C=O) groups excluding carboxylic acids is 2. The molecule has 0 spiro atoms. The van der Waals surface area contributed by atoms with E-state index in [0.29, 0.717) is 75.3 Å². The average molecular weight is 566 g/mol. The number of ether oxygens (including phenoxy) is 2. The molecule has 2 aromatic carbocycles. The van der Waals surface area contributed by atoms with Gasteiger partial charge in [-0.05, 0) is 43.0 Å². The van der Waals surface area contributed by atoms with Crippen LogP contribution in [0.5, 0.6) is 11.5 Å². The topological polar surface area (TPSA) is 144 Å². The maximum Gasteiger partial charge on any atom is 0.411 e. The molecule has 0 aromatic heterocycles. The number of guanidine groups is 1. The molecule has 2 aromatic rings. The van der Waals surface area contributed by atoms with E-state index in [1.54, 1.807) is 23.1 Å². The Balaban J connectivity index is 1.18. The molecule has 2 saturated heterocycles. The van der Waals surface area contributed by atoms with Crippen molar-refractivity contribution in [3.63, 3.8) is 0 Å². The first-order valence-electron chi connectivity index (χ1n) is 13.9. The second kappa shape index (κ2) is 12.4. The van der Waals surface area contributed by atoms with Crippen LogP contribution in [0, 0.1) is 0 Å². The normalized spacial score (nSPS) is 18.6. The van der Waals surface area contributed by atoms with Crippen LogP contribution in [0.1, 0.15) is 48.0 Å². The number of benzene rings is 2. The van der Waals surface area contributed by atoms with Crippen LogP contribution < -0.4 is 19.7 Å². The molecule has 5 rings (SSSR count). The van der Waals surface area contributed by atoms with E-state index >= 15 is 0 Å². The van der Waals surface area contributed by atoms with Gasteiger partial charge in [0, 0.05) is 63.2 Å². The van der Waals surface area contributed by atoms with E-state index in [-0.39, 0.29) is 29.9 Å². The highest BCUT2D eigenvalue weighted by Gasteiger charge is 2.34. The van der Waals surface area contributed by atoms with Crippen LogP contribution in [0.3, 0.4) is 0 Å². The highest BCUT2D eigenvalue weighted by molar-refractivity contribution is 5.98. The zero-order chi connectivity index (χ0) is 28.9. The Kier molecular flexibility index (Phi) is 8.46. The van der Waals surface area contributed by atoms with Gasteiger partial charge in [0.2, 0.25) is 11.9 Å². The molecule has 3 N–H and O–H groups in total. The smallest absolute Gasteiger partial charge is 0.411 e. The lowest BCUT2D eigenvalue weighted by Gasteiger charge is -2.41. The molecule has 0 unspecified atom stereocenters. The number of anilines is 1. The number of hydrogen-bond acceptors (Lipinski definition) is 7. The number of carboxylic acid groups (broad SMARTS) is 1. The lowest BCUT2D eigenvalue weighted by molar-refractivity contribution is -0.119. The van der Waals surface area contributed by atoms with Crippen molar-refractivity contribution in [2.45, 2.75) is 50.7 Å². The maximum atomic E-state index is 13.5. The Morgan fingerprint density at radius 3 is 2.37 bits per heavy atom. The van der Waals surface area contributed by atoms with E-state index in [1.165, 1.54) is 12.7 Å². The summed E-state index contributed by atoms with van der Waals surface area (Å²) in [5.74, 6) is 0.907. The van der Waals surface area contributed by atoms with Gasteiger partial charge in [0.25, 0.3) is 5.91 Å². The SMILES string of the molecule is COc1cc(OC2CCN(C(=NO)NC(=O)O)CC2)ccc1C(=O)N1CCC(N2C(=O)CCc3ccccc32)CC1.